The zero-order chi connectivity index (χ0) is 23.6. The van der Waals surface area contributed by atoms with Crippen molar-refractivity contribution in [2.75, 3.05) is 31.0 Å². The lowest BCUT2D eigenvalue weighted by Gasteiger charge is -2.30. The number of amides is 2. The number of methoxy groups -OCH3 is 1. The summed E-state index contributed by atoms with van der Waals surface area (Å²) in [7, 11) is 1.55. The number of ether oxygens (including phenoxy) is 2. The summed E-state index contributed by atoms with van der Waals surface area (Å²) in [5, 5.41) is 9.51. The highest BCUT2D eigenvalue weighted by atomic mass is 35.5. The molecule has 0 aliphatic carbocycles. The molecule has 2 amide bonds. The molecule has 33 heavy (non-hydrogen) atoms. The second-order valence-electron chi connectivity index (χ2n) is 7.41. The lowest BCUT2D eigenvalue weighted by atomic mass is 9.91. The fourth-order valence-corrected chi connectivity index (χ4v) is 3.96. The van der Waals surface area contributed by atoms with Gasteiger partial charge in [0, 0.05) is 38.3 Å². The minimum absolute atomic E-state index is 0.0692. The number of alkyl halides is 3. The maximum Gasteiger partial charge on any atom is 0.433 e. The molecule has 0 spiro atoms. The number of urea groups is 1. The Kier molecular flexibility index (Phi) is 6.68. The average molecular weight is 485 g/mol. The van der Waals surface area contributed by atoms with E-state index >= 15 is 0 Å². The number of anilines is 2. The summed E-state index contributed by atoms with van der Waals surface area (Å²) >= 11 is 6.08. The number of rotatable bonds is 5. The van der Waals surface area contributed by atoms with E-state index in [9.17, 15) is 18.0 Å². The van der Waals surface area contributed by atoms with Gasteiger partial charge in [-0.3, -0.25) is 4.98 Å². The molecule has 0 radical (unpaired) electrons. The first-order valence-electron chi connectivity index (χ1n) is 10.0. The molecule has 1 unspecified atom stereocenters. The highest BCUT2D eigenvalue weighted by Crippen LogP contribution is 2.37. The van der Waals surface area contributed by atoms with E-state index in [1.165, 1.54) is 16.8 Å². The lowest BCUT2D eigenvalue weighted by Crippen LogP contribution is -2.28. The molecule has 1 saturated heterocycles. The van der Waals surface area contributed by atoms with Gasteiger partial charge in [0.15, 0.2) is 10.8 Å². The van der Waals surface area contributed by atoms with Crippen LogP contribution in [-0.2, 0) is 15.7 Å². The summed E-state index contributed by atoms with van der Waals surface area (Å²) < 4.78 is 51.5. The number of fused-ring (bicyclic) bond motifs is 1. The van der Waals surface area contributed by atoms with Gasteiger partial charge in [0.05, 0.1) is 17.6 Å². The number of hydrogen-bond donors (Lipinski definition) is 2. The van der Waals surface area contributed by atoms with Gasteiger partial charge in [0.1, 0.15) is 11.8 Å². The highest BCUT2D eigenvalue weighted by Gasteiger charge is 2.33. The zero-order valence-electron chi connectivity index (χ0n) is 17.4. The van der Waals surface area contributed by atoms with Crippen molar-refractivity contribution in [2.45, 2.75) is 25.1 Å². The molecule has 1 fully saturated rings. The van der Waals surface area contributed by atoms with Gasteiger partial charge in [-0.15, -0.1) is 0 Å². The fourth-order valence-electron chi connectivity index (χ4n) is 3.79. The molecule has 1 aliphatic rings. The fraction of sp³-hybridized carbons (Fsp3) is 0.400. The Morgan fingerprint density at radius 3 is 2.73 bits per heavy atom. The normalized spacial score (nSPS) is 16.0. The van der Waals surface area contributed by atoms with E-state index in [2.05, 4.69) is 25.7 Å². The van der Waals surface area contributed by atoms with Gasteiger partial charge in [-0.1, -0.05) is 11.6 Å². The largest absolute Gasteiger partial charge is 0.433 e. The predicted octanol–water partition coefficient (Wildman–Crippen LogP) is 4.55. The number of carbonyl (C=O) groups is 1. The van der Waals surface area contributed by atoms with Gasteiger partial charge in [0.2, 0.25) is 0 Å². The third-order valence-electron chi connectivity index (χ3n) is 5.26. The Labute approximate surface area is 191 Å². The molecule has 1 aliphatic heterocycles. The van der Waals surface area contributed by atoms with Crippen molar-refractivity contribution in [3.05, 3.63) is 47.1 Å². The molecule has 2 N–H and O–H groups in total. The van der Waals surface area contributed by atoms with Crippen molar-refractivity contribution in [2.24, 2.45) is 5.92 Å². The van der Waals surface area contributed by atoms with Gasteiger partial charge >= 0.3 is 12.2 Å². The number of pyridine rings is 1. The van der Waals surface area contributed by atoms with E-state index in [1.807, 2.05) is 0 Å². The molecule has 4 rings (SSSR count). The number of halogens is 4. The first-order valence-corrected chi connectivity index (χ1v) is 10.4. The molecule has 9 nitrogen and oxygen atoms in total. The number of nitrogens with one attached hydrogen (secondary N) is 2. The van der Waals surface area contributed by atoms with Crippen molar-refractivity contribution >= 4 is 34.7 Å². The Morgan fingerprint density at radius 1 is 1.27 bits per heavy atom. The quantitative estimate of drug-likeness (QED) is 0.550. The Hall–Kier alpha value is -2.96. The second-order valence-corrected chi connectivity index (χ2v) is 7.79. The third-order valence-corrected chi connectivity index (χ3v) is 5.45. The first-order chi connectivity index (χ1) is 15.8. The van der Waals surface area contributed by atoms with Crippen LogP contribution in [0.2, 0.25) is 5.15 Å². The van der Waals surface area contributed by atoms with Crippen molar-refractivity contribution in [1.29, 1.82) is 0 Å². The maximum atomic E-state index is 12.9. The van der Waals surface area contributed by atoms with E-state index in [1.54, 1.807) is 13.2 Å². The van der Waals surface area contributed by atoms with Crippen LogP contribution in [0.15, 0.2) is 30.6 Å². The summed E-state index contributed by atoms with van der Waals surface area (Å²) in [6, 6.07) is 2.80. The van der Waals surface area contributed by atoms with Crippen LogP contribution >= 0.6 is 11.6 Å². The molecule has 1 atom stereocenters. The molecule has 13 heteroatoms. The Balaban J connectivity index is 1.64. The van der Waals surface area contributed by atoms with Crippen LogP contribution in [0.3, 0.4) is 0 Å². The standard InChI is InChI=1S/C20H20ClF3N6O3/c1-32-18(11-3-6-33-7-4-11)17-13(10-26-16-9-15(21)29-30(16)17)28-19(31)27-12-2-5-25-14(8-12)20(22,23)24/h2,5,8-11,18H,3-4,6-7H2,1H3,(H2,25,27,28,31). The molecule has 176 valence electrons. The lowest BCUT2D eigenvalue weighted by molar-refractivity contribution is -0.141. The summed E-state index contributed by atoms with van der Waals surface area (Å²) in [5.74, 6) is 0.0791. The monoisotopic (exact) mass is 484 g/mol. The minimum Gasteiger partial charge on any atom is -0.381 e. The first kappa shape index (κ1) is 23.2. The molecule has 0 saturated carbocycles. The molecular weight excluding hydrogens is 465 g/mol. The summed E-state index contributed by atoms with van der Waals surface area (Å²) in [4.78, 5) is 20.2. The SMILES string of the molecule is COC(c1c(NC(=O)Nc2ccnc(C(F)(F)F)c2)cnc2cc(Cl)nn12)C1CCOCC1. The molecule has 4 heterocycles. The summed E-state index contributed by atoms with van der Waals surface area (Å²) in [6.07, 6.45) is -1.23. The second kappa shape index (κ2) is 9.49. The smallest absolute Gasteiger partial charge is 0.381 e. The van der Waals surface area contributed by atoms with Crippen molar-refractivity contribution in [1.82, 2.24) is 19.6 Å². The van der Waals surface area contributed by atoms with Crippen LogP contribution in [0, 0.1) is 5.92 Å². The van der Waals surface area contributed by atoms with E-state index in [0.717, 1.165) is 25.1 Å². The molecular formula is C20H20ClF3N6O3. The minimum atomic E-state index is -4.63. The highest BCUT2D eigenvalue weighted by molar-refractivity contribution is 6.29. The number of hydrogen-bond acceptors (Lipinski definition) is 6. The van der Waals surface area contributed by atoms with Gasteiger partial charge < -0.3 is 20.1 Å². The van der Waals surface area contributed by atoms with E-state index in [-0.39, 0.29) is 22.4 Å². The van der Waals surface area contributed by atoms with Crippen LogP contribution in [0.1, 0.15) is 30.3 Å². The van der Waals surface area contributed by atoms with E-state index in [4.69, 9.17) is 21.1 Å². The van der Waals surface area contributed by atoms with E-state index < -0.39 is 24.0 Å². The molecule has 3 aromatic rings. The van der Waals surface area contributed by atoms with Crippen molar-refractivity contribution in [3.8, 4) is 0 Å². The van der Waals surface area contributed by atoms with Gasteiger partial charge in [-0.05, 0) is 30.9 Å². The van der Waals surface area contributed by atoms with Crippen molar-refractivity contribution in [3.63, 3.8) is 0 Å². The van der Waals surface area contributed by atoms with Crippen LogP contribution in [-0.4, -0.2) is 45.9 Å². The number of nitrogens with zero attached hydrogens (tertiary/aromatic N) is 4. The topological polar surface area (TPSA) is 103 Å². The predicted molar refractivity (Wildman–Crippen MR) is 113 cm³/mol. The van der Waals surface area contributed by atoms with Crippen LogP contribution in [0.5, 0.6) is 0 Å². The average Bonchev–Trinajstić information content (AvgIpc) is 3.16. The Bertz CT molecular complexity index is 1150. The van der Waals surface area contributed by atoms with Crippen LogP contribution in [0.4, 0.5) is 29.3 Å². The van der Waals surface area contributed by atoms with Crippen LogP contribution in [0.25, 0.3) is 5.65 Å². The van der Waals surface area contributed by atoms with Gasteiger partial charge in [0.25, 0.3) is 0 Å². The Morgan fingerprint density at radius 2 is 2.03 bits per heavy atom. The van der Waals surface area contributed by atoms with E-state index in [0.29, 0.717) is 24.6 Å². The van der Waals surface area contributed by atoms with Crippen molar-refractivity contribution < 1.29 is 27.4 Å². The molecule has 0 bridgehead atoms. The molecule has 3 aromatic heterocycles. The van der Waals surface area contributed by atoms with Gasteiger partial charge in [-0.25, -0.2) is 14.3 Å². The molecule has 0 aromatic carbocycles. The number of aromatic nitrogens is 4. The maximum absolute atomic E-state index is 12.9. The zero-order valence-corrected chi connectivity index (χ0v) is 18.2. The number of carbonyl (C=O) groups excluding carboxylic acids is 1. The summed E-state index contributed by atoms with van der Waals surface area (Å²) in [5.41, 5.74) is 0.0684. The van der Waals surface area contributed by atoms with Gasteiger partial charge in [-0.2, -0.15) is 18.3 Å². The van der Waals surface area contributed by atoms with Crippen LogP contribution < -0.4 is 10.6 Å². The summed E-state index contributed by atoms with van der Waals surface area (Å²) in [6.45, 7) is 1.15. The third kappa shape index (κ3) is 5.18.